The number of hydrogen-bond donors (Lipinski definition) is 2. The number of alkyl halides is 3. The predicted octanol–water partition coefficient (Wildman–Crippen LogP) is 5.44. The van der Waals surface area contributed by atoms with E-state index in [9.17, 15) is 30.8 Å². The van der Waals surface area contributed by atoms with E-state index in [1.54, 1.807) is 13.0 Å². The molecule has 0 aliphatic carbocycles. The molecule has 0 radical (unpaired) electrons. The maximum atomic E-state index is 13.8. The van der Waals surface area contributed by atoms with Gasteiger partial charge in [0.25, 0.3) is 15.9 Å². The lowest BCUT2D eigenvalue weighted by molar-refractivity contribution is -0.153. The number of sulfonamides is 1. The largest absolute Gasteiger partial charge is 0.482 e. The summed E-state index contributed by atoms with van der Waals surface area (Å²) >= 11 is 0. The summed E-state index contributed by atoms with van der Waals surface area (Å²) in [5.74, 6) is -1.55. The van der Waals surface area contributed by atoms with Crippen molar-refractivity contribution < 1.29 is 35.5 Å². The van der Waals surface area contributed by atoms with Crippen LogP contribution in [0.1, 0.15) is 21.5 Å². The van der Waals surface area contributed by atoms with E-state index in [2.05, 4.69) is 10.0 Å². The number of amides is 1. The molecule has 0 unspecified atom stereocenters. The molecular formula is C23H20F4N2O4S. The third-order valence-corrected chi connectivity index (χ3v) is 5.99. The molecule has 0 aromatic heterocycles. The van der Waals surface area contributed by atoms with Crippen molar-refractivity contribution in [2.75, 3.05) is 16.6 Å². The van der Waals surface area contributed by atoms with Crippen LogP contribution in [0.15, 0.2) is 65.6 Å². The molecular weight excluding hydrogens is 476 g/mol. The molecule has 0 heterocycles. The maximum Gasteiger partial charge on any atom is 0.422 e. The van der Waals surface area contributed by atoms with Crippen LogP contribution in [-0.4, -0.2) is 27.1 Å². The molecule has 11 heteroatoms. The molecule has 0 saturated heterocycles. The molecule has 180 valence electrons. The van der Waals surface area contributed by atoms with Gasteiger partial charge in [-0.25, -0.2) is 12.8 Å². The van der Waals surface area contributed by atoms with Crippen LogP contribution in [-0.2, 0) is 10.0 Å². The Hall–Kier alpha value is -3.60. The third-order valence-electron chi connectivity index (χ3n) is 4.61. The molecule has 34 heavy (non-hydrogen) atoms. The first-order chi connectivity index (χ1) is 15.8. The molecule has 0 aliphatic heterocycles. The summed E-state index contributed by atoms with van der Waals surface area (Å²) in [5, 5.41) is 2.47. The normalized spacial score (nSPS) is 11.7. The predicted molar refractivity (Wildman–Crippen MR) is 119 cm³/mol. The van der Waals surface area contributed by atoms with Crippen LogP contribution in [0.5, 0.6) is 5.75 Å². The average Bonchev–Trinajstić information content (AvgIpc) is 2.75. The summed E-state index contributed by atoms with van der Waals surface area (Å²) < 4.78 is 83.7. The third kappa shape index (κ3) is 6.47. The maximum absolute atomic E-state index is 13.8. The van der Waals surface area contributed by atoms with E-state index in [1.807, 2.05) is 0 Å². The van der Waals surface area contributed by atoms with Crippen LogP contribution in [0, 0.1) is 19.7 Å². The van der Waals surface area contributed by atoms with Gasteiger partial charge in [0.2, 0.25) is 0 Å². The lowest BCUT2D eigenvalue weighted by Gasteiger charge is -2.15. The van der Waals surface area contributed by atoms with E-state index in [4.69, 9.17) is 4.74 Å². The number of carbonyl (C=O) groups is 1. The van der Waals surface area contributed by atoms with Crippen LogP contribution < -0.4 is 14.8 Å². The molecule has 0 aliphatic rings. The molecule has 0 atom stereocenters. The minimum absolute atomic E-state index is 0.0148. The summed E-state index contributed by atoms with van der Waals surface area (Å²) in [6.45, 7) is 1.62. The van der Waals surface area contributed by atoms with E-state index >= 15 is 0 Å². The zero-order valence-corrected chi connectivity index (χ0v) is 18.9. The Labute approximate surface area is 193 Å². The van der Waals surface area contributed by atoms with Gasteiger partial charge in [-0.05, 0) is 67.4 Å². The van der Waals surface area contributed by atoms with E-state index in [1.165, 1.54) is 55.5 Å². The highest BCUT2D eigenvalue weighted by molar-refractivity contribution is 7.92. The monoisotopic (exact) mass is 496 g/mol. The molecule has 3 rings (SSSR count). The van der Waals surface area contributed by atoms with E-state index in [0.29, 0.717) is 5.56 Å². The van der Waals surface area contributed by atoms with Gasteiger partial charge in [-0.2, -0.15) is 13.2 Å². The number of anilines is 2. The van der Waals surface area contributed by atoms with Gasteiger partial charge in [-0.3, -0.25) is 9.52 Å². The van der Waals surface area contributed by atoms with Gasteiger partial charge >= 0.3 is 6.18 Å². The summed E-state index contributed by atoms with van der Waals surface area (Å²) in [5.41, 5.74) is 0.983. The Morgan fingerprint density at radius 3 is 2.41 bits per heavy atom. The van der Waals surface area contributed by atoms with Gasteiger partial charge in [0.05, 0.1) is 10.6 Å². The quantitative estimate of drug-likeness (QED) is 0.427. The highest BCUT2D eigenvalue weighted by Gasteiger charge is 2.29. The van der Waals surface area contributed by atoms with Crippen molar-refractivity contribution in [1.82, 2.24) is 0 Å². The fourth-order valence-corrected chi connectivity index (χ4v) is 3.95. The summed E-state index contributed by atoms with van der Waals surface area (Å²) in [4.78, 5) is 12.4. The van der Waals surface area contributed by atoms with Gasteiger partial charge < -0.3 is 10.1 Å². The van der Waals surface area contributed by atoms with Crippen LogP contribution in [0.3, 0.4) is 0 Å². The Bertz CT molecular complexity index is 1320. The lowest BCUT2D eigenvalue weighted by atomic mass is 10.1. The first-order valence-electron chi connectivity index (χ1n) is 9.85. The van der Waals surface area contributed by atoms with Crippen LogP contribution in [0.2, 0.25) is 0 Å². The summed E-state index contributed by atoms with van der Waals surface area (Å²) in [6, 6.07) is 13.2. The fraction of sp³-hybridized carbons (Fsp3) is 0.174. The first kappa shape index (κ1) is 25.0. The van der Waals surface area contributed by atoms with Gasteiger partial charge in [0.1, 0.15) is 11.6 Å². The minimum Gasteiger partial charge on any atom is -0.482 e. The summed E-state index contributed by atoms with van der Waals surface area (Å²) in [7, 11) is -4.14. The Morgan fingerprint density at radius 1 is 1.00 bits per heavy atom. The molecule has 0 bridgehead atoms. The number of carbonyl (C=O) groups excluding carboxylic acids is 1. The molecule has 0 fully saturated rings. The zero-order valence-electron chi connectivity index (χ0n) is 18.0. The fourth-order valence-electron chi connectivity index (χ4n) is 2.89. The lowest BCUT2D eigenvalue weighted by Crippen LogP contribution is -2.20. The van der Waals surface area contributed by atoms with Crippen LogP contribution in [0.25, 0.3) is 0 Å². The van der Waals surface area contributed by atoms with Crippen molar-refractivity contribution in [3.63, 3.8) is 0 Å². The average molecular weight is 496 g/mol. The number of nitrogens with one attached hydrogen (secondary N) is 2. The van der Waals surface area contributed by atoms with Crippen molar-refractivity contribution in [1.29, 1.82) is 0 Å². The first-order valence-corrected chi connectivity index (χ1v) is 11.3. The molecule has 3 aromatic carbocycles. The standard InChI is InChI=1S/C23H20F4N2O4S/c1-14-6-9-20(21(10-14)33-13-23(25,26)27)28-22(30)16-4-3-5-17(11-16)29-34(31,32)18-8-7-15(2)19(24)12-18/h3-12,29H,13H2,1-2H3,(H,28,30). The number of hydrogen-bond acceptors (Lipinski definition) is 4. The topological polar surface area (TPSA) is 84.5 Å². The van der Waals surface area contributed by atoms with Gasteiger partial charge in [0, 0.05) is 11.3 Å². The second-order valence-corrected chi connectivity index (χ2v) is 9.14. The summed E-state index contributed by atoms with van der Waals surface area (Å²) in [6.07, 6.45) is -4.56. The highest BCUT2D eigenvalue weighted by atomic mass is 32.2. The number of benzene rings is 3. The second kappa shape index (κ2) is 9.72. The number of ether oxygens (including phenoxy) is 1. The van der Waals surface area contributed by atoms with Crippen LogP contribution in [0.4, 0.5) is 28.9 Å². The van der Waals surface area contributed by atoms with E-state index in [-0.39, 0.29) is 33.1 Å². The number of rotatable bonds is 7. The van der Waals surface area contributed by atoms with Crippen molar-refractivity contribution in [3.8, 4) is 5.75 Å². The van der Waals surface area contributed by atoms with Crippen LogP contribution >= 0.6 is 0 Å². The van der Waals surface area contributed by atoms with E-state index in [0.717, 1.165) is 6.07 Å². The molecule has 0 spiro atoms. The zero-order chi connectivity index (χ0) is 25.1. The smallest absolute Gasteiger partial charge is 0.422 e. The highest BCUT2D eigenvalue weighted by Crippen LogP contribution is 2.29. The van der Waals surface area contributed by atoms with Gasteiger partial charge in [-0.1, -0.05) is 18.2 Å². The minimum atomic E-state index is -4.56. The molecule has 0 saturated carbocycles. The Balaban J connectivity index is 1.80. The van der Waals surface area contributed by atoms with Gasteiger partial charge in [0.15, 0.2) is 6.61 Å². The molecule has 3 aromatic rings. The Kier molecular flexibility index (Phi) is 7.15. The second-order valence-electron chi connectivity index (χ2n) is 7.45. The van der Waals surface area contributed by atoms with Crippen molar-refractivity contribution >= 4 is 27.3 Å². The van der Waals surface area contributed by atoms with Crippen molar-refractivity contribution in [3.05, 3.63) is 83.2 Å². The van der Waals surface area contributed by atoms with Crippen molar-refractivity contribution in [2.24, 2.45) is 0 Å². The molecule has 1 amide bonds. The molecule has 6 nitrogen and oxygen atoms in total. The van der Waals surface area contributed by atoms with E-state index < -0.39 is 34.5 Å². The Morgan fingerprint density at radius 2 is 1.74 bits per heavy atom. The number of aryl methyl sites for hydroxylation is 2. The molecule has 2 N–H and O–H groups in total. The SMILES string of the molecule is Cc1ccc(NC(=O)c2cccc(NS(=O)(=O)c3ccc(C)c(F)c3)c2)c(OCC(F)(F)F)c1. The van der Waals surface area contributed by atoms with Crippen molar-refractivity contribution in [2.45, 2.75) is 24.9 Å². The van der Waals surface area contributed by atoms with Gasteiger partial charge in [-0.15, -0.1) is 0 Å². The number of halogens is 4.